The van der Waals surface area contributed by atoms with Crippen molar-refractivity contribution in [2.24, 2.45) is 34.5 Å². The molecule has 0 aromatic rings. The second-order valence-electron chi connectivity index (χ2n) is 6.56. The van der Waals surface area contributed by atoms with Gasteiger partial charge in [0.1, 0.15) is 0 Å². The van der Waals surface area contributed by atoms with Crippen molar-refractivity contribution in [3.05, 3.63) is 24.8 Å². The molecule has 2 fully saturated rings. The van der Waals surface area contributed by atoms with E-state index >= 15 is 0 Å². The minimum absolute atomic E-state index is 0.117. The Balaban J connectivity index is 2.09. The van der Waals surface area contributed by atoms with Crippen LogP contribution in [-0.4, -0.2) is 13.2 Å². The van der Waals surface area contributed by atoms with E-state index in [1.807, 2.05) is 6.08 Å². The minimum Gasteiger partial charge on any atom is -0.380 e. The average molecular weight is 268 g/mol. The number of methoxy groups -OCH3 is 1. The summed E-state index contributed by atoms with van der Waals surface area (Å²) in [5, 5.41) is 19.6. The number of fused-ring (bicyclic) bond motifs is 5. The molecular weight excluding hydrogens is 248 g/mol. The summed E-state index contributed by atoms with van der Waals surface area (Å²) in [4.78, 5) is 0. The molecule has 0 aromatic carbocycles. The second-order valence-corrected chi connectivity index (χ2v) is 6.56. The largest absolute Gasteiger partial charge is 0.380 e. The lowest BCUT2D eigenvalue weighted by atomic mass is 9.35. The number of ether oxygens (including phenoxy) is 1. The van der Waals surface area contributed by atoms with Crippen LogP contribution >= 0.6 is 0 Å². The van der Waals surface area contributed by atoms with Crippen molar-refractivity contribution in [2.75, 3.05) is 7.11 Å². The molecule has 3 heteroatoms. The zero-order chi connectivity index (χ0) is 14.5. The van der Waals surface area contributed by atoms with Gasteiger partial charge in [-0.2, -0.15) is 10.5 Å². The van der Waals surface area contributed by atoms with E-state index in [2.05, 4.69) is 37.8 Å². The number of rotatable bonds is 4. The van der Waals surface area contributed by atoms with E-state index in [-0.39, 0.29) is 12.0 Å². The van der Waals surface area contributed by atoms with Crippen molar-refractivity contribution >= 4 is 0 Å². The van der Waals surface area contributed by atoms with Crippen molar-refractivity contribution in [3.8, 4) is 12.1 Å². The van der Waals surface area contributed by atoms with E-state index in [1.165, 1.54) is 0 Å². The highest BCUT2D eigenvalue weighted by atomic mass is 16.5. The lowest BCUT2D eigenvalue weighted by Crippen LogP contribution is -2.69. The van der Waals surface area contributed by atoms with Crippen LogP contribution < -0.4 is 0 Å². The quantitative estimate of drug-likeness (QED) is 0.736. The molecule has 20 heavy (non-hydrogen) atoms. The Hall–Kier alpha value is -1.58. The Labute approximate surface area is 120 Å². The summed E-state index contributed by atoms with van der Waals surface area (Å²) in [5.74, 6) is 1.48. The fraction of sp³-hybridized carbons (Fsp3) is 0.647. The maximum Gasteiger partial charge on any atom is 0.155 e. The van der Waals surface area contributed by atoms with Crippen LogP contribution in [0, 0.1) is 57.2 Å². The molecule has 0 N–H and O–H groups in total. The normalized spacial score (nSPS) is 44.0. The van der Waals surface area contributed by atoms with E-state index in [9.17, 15) is 10.5 Å². The van der Waals surface area contributed by atoms with Crippen LogP contribution in [0.15, 0.2) is 24.8 Å². The molecule has 3 rings (SSSR count). The molecule has 104 valence electrons. The molecule has 0 aromatic heterocycles. The van der Waals surface area contributed by atoms with Gasteiger partial charge in [-0.25, -0.2) is 0 Å². The maximum atomic E-state index is 9.78. The average Bonchev–Trinajstić information content (AvgIpc) is 3.04. The summed E-state index contributed by atoms with van der Waals surface area (Å²) in [6.45, 7) is 5.87. The van der Waals surface area contributed by atoms with E-state index in [1.54, 1.807) is 7.11 Å². The van der Waals surface area contributed by atoms with Gasteiger partial charge in [-0.3, -0.25) is 0 Å². The predicted octanol–water partition coefficient (Wildman–Crippen LogP) is 3.07. The maximum absolute atomic E-state index is 9.78. The topological polar surface area (TPSA) is 56.8 Å². The van der Waals surface area contributed by atoms with Crippen molar-refractivity contribution in [2.45, 2.75) is 25.9 Å². The molecule has 6 atom stereocenters. The molecule has 0 saturated heterocycles. The lowest BCUT2D eigenvalue weighted by molar-refractivity contribution is -0.203. The number of hydrogen-bond donors (Lipinski definition) is 0. The van der Waals surface area contributed by atoms with E-state index in [4.69, 9.17) is 4.74 Å². The van der Waals surface area contributed by atoms with Gasteiger partial charge in [0.15, 0.2) is 5.41 Å². The predicted molar refractivity (Wildman–Crippen MR) is 75.1 cm³/mol. The number of nitrogens with zero attached hydrogens (tertiary/aromatic N) is 2. The number of hydrogen-bond acceptors (Lipinski definition) is 3. The highest BCUT2D eigenvalue weighted by Crippen LogP contribution is 2.76. The zero-order valence-electron chi connectivity index (χ0n) is 12.0. The Morgan fingerprint density at radius 3 is 2.45 bits per heavy atom. The summed E-state index contributed by atoms with van der Waals surface area (Å²) in [5.41, 5.74) is -1.33. The van der Waals surface area contributed by atoms with Gasteiger partial charge in [0.25, 0.3) is 0 Å². The van der Waals surface area contributed by atoms with Gasteiger partial charge in [0.05, 0.1) is 18.2 Å². The third-order valence-corrected chi connectivity index (χ3v) is 6.19. The van der Waals surface area contributed by atoms with Crippen LogP contribution in [-0.2, 0) is 4.74 Å². The monoisotopic (exact) mass is 268 g/mol. The number of nitriles is 2. The molecule has 0 radical (unpaired) electrons. The van der Waals surface area contributed by atoms with Crippen molar-refractivity contribution < 1.29 is 4.74 Å². The van der Waals surface area contributed by atoms with Crippen molar-refractivity contribution in [1.29, 1.82) is 10.5 Å². The first-order valence-corrected chi connectivity index (χ1v) is 7.25. The Morgan fingerprint density at radius 1 is 1.35 bits per heavy atom. The first-order chi connectivity index (χ1) is 9.60. The Morgan fingerprint density at radius 2 is 1.95 bits per heavy atom. The SMILES string of the molecule is C=CCC(OC)[C@]1(C)C2C3C=CC(C3)C2C1(C#N)C#N. The standard InChI is InChI=1S/C17H20N2O/c1-4-5-13(20-3)16(2)14-11-6-7-12(8-11)15(14)17(16,9-18)10-19/h4,6-7,11-15H,1,5,8H2,2-3H3/t11?,12?,13?,14?,15?,16-/m1/s1. The summed E-state index contributed by atoms with van der Waals surface area (Å²) in [6, 6.07) is 4.75. The van der Waals surface area contributed by atoms with Gasteiger partial charge in [-0.1, -0.05) is 25.2 Å². The smallest absolute Gasteiger partial charge is 0.155 e. The molecule has 0 aliphatic heterocycles. The Kier molecular flexibility index (Phi) is 2.82. The van der Waals surface area contributed by atoms with Gasteiger partial charge in [0, 0.05) is 18.4 Å². The third-order valence-electron chi connectivity index (χ3n) is 6.19. The van der Waals surface area contributed by atoms with Crippen LogP contribution in [0.2, 0.25) is 0 Å². The summed E-state index contributed by atoms with van der Waals surface area (Å²) < 4.78 is 5.67. The highest BCUT2D eigenvalue weighted by Gasteiger charge is 2.78. The van der Waals surface area contributed by atoms with Crippen LogP contribution in [0.5, 0.6) is 0 Å². The molecule has 2 bridgehead atoms. The van der Waals surface area contributed by atoms with Crippen molar-refractivity contribution in [1.82, 2.24) is 0 Å². The first-order valence-electron chi connectivity index (χ1n) is 7.25. The molecule has 5 unspecified atom stereocenters. The molecule has 0 spiro atoms. The van der Waals surface area contributed by atoms with Gasteiger partial charge in [-0.15, -0.1) is 6.58 Å². The van der Waals surface area contributed by atoms with Crippen molar-refractivity contribution in [3.63, 3.8) is 0 Å². The molecule has 3 nitrogen and oxygen atoms in total. The molecule has 3 aliphatic carbocycles. The summed E-state index contributed by atoms with van der Waals surface area (Å²) in [7, 11) is 1.68. The van der Waals surface area contributed by atoms with E-state index < -0.39 is 10.8 Å². The molecule has 3 aliphatic rings. The first kappa shape index (κ1) is 13.4. The fourth-order valence-corrected chi connectivity index (χ4v) is 5.38. The van der Waals surface area contributed by atoms with Gasteiger partial charge < -0.3 is 4.74 Å². The Bertz CT molecular complexity index is 538. The summed E-state index contributed by atoms with van der Waals surface area (Å²) in [6.07, 6.45) is 7.99. The van der Waals surface area contributed by atoms with Crippen LogP contribution in [0.4, 0.5) is 0 Å². The third kappa shape index (κ3) is 1.18. The minimum atomic E-state index is -0.925. The molecule has 0 amide bonds. The molecular formula is C17H20N2O. The van der Waals surface area contributed by atoms with Gasteiger partial charge in [0.2, 0.25) is 0 Å². The number of allylic oxidation sites excluding steroid dienone is 2. The van der Waals surface area contributed by atoms with Crippen LogP contribution in [0.3, 0.4) is 0 Å². The fourth-order valence-electron chi connectivity index (χ4n) is 5.38. The second kappa shape index (κ2) is 4.21. The van der Waals surface area contributed by atoms with Gasteiger partial charge in [-0.05, 0) is 30.6 Å². The highest BCUT2D eigenvalue weighted by molar-refractivity contribution is 5.40. The lowest BCUT2D eigenvalue weighted by Gasteiger charge is -2.64. The van der Waals surface area contributed by atoms with E-state index in [0.29, 0.717) is 24.2 Å². The van der Waals surface area contributed by atoms with Crippen LogP contribution in [0.25, 0.3) is 0 Å². The zero-order valence-corrected chi connectivity index (χ0v) is 12.0. The summed E-state index contributed by atoms with van der Waals surface area (Å²) >= 11 is 0. The van der Waals surface area contributed by atoms with Gasteiger partial charge >= 0.3 is 0 Å². The van der Waals surface area contributed by atoms with E-state index in [0.717, 1.165) is 6.42 Å². The van der Waals surface area contributed by atoms with Crippen LogP contribution in [0.1, 0.15) is 19.8 Å². The molecule has 0 heterocycles. The molecule has 2 saturated carbocycles.